The zero-order chi connectivity index (χ0) is 17.1. The molecule has 0 saturated carbocycles. The quantitative estimate of drug-likeness (QED) is 0.637. The lowest BCUT2D eigenvalue weighted by molar-refractivity contribution is -0.144. The van der Waals surface area contributed by atoms with Gasteiger partial charge in [-0.1, -0.05) is 55.4 Å². The maximum Gasteiger partial charge on any atom is 0.335 e. The average molecular weight is 322 g/mol. The van der Waals surface area contributed by atoms with E-state index in [0.29, 0.717) is 5.56 Å². The summed E-state index contributed by atoms with van der Waals surface area (Å²) in [6.45, 7) is 3.84. The van der Waals surface area contributed by atoms with Gasteiger partial charge in [-0.05, 0) is 24.1 Å². The zero-order valence-electron chi connectivity index (χ0n) is 13.6. The second kappa shape index (κ2) is 6.66. The molecule has 0 N–H and O–H groups in total. The summed E-state index contributed by atoms with van der Waals surface area (Å²) >= 11 is 0. The number of oxime groups is 1. The first-order valence-corrected chi connectivity index (χ1v) is 7.84. The van der Waals surface area contributed by atoms with Crippen LogP contribution < -0.4 is 4.90 Å². The highest BCUT2D eigenvalue weighted by molar-refractivity contribution is 6.55. The molecule has 122 valence electrons. The van der Waals surface area contributed by atoms with Crippen LogP contribution in [0.25, 0.3) is 0 Å². The minimum absolute atomic E-state index is 0.145. The molecule has 0 fully saturated rings. The Morgan fingerprint density at radius 3 is 2.46 bits per heavy atom. The lowest BCUT2D eigenvalue weighted by atomic mass is 10.1. The van der Waals surface area contributed by atoms with Crippen LogP contribution in [0.1, 0.15) is 25.8 Å². The van der Waals surface area contributed by atoms with Crippen molar-refractivity contribution in [3.05, 3.63) is 60.2 Å². The fraction of sp³-hybridized carbons (Fsp3) is 0.211. The number of rotatable bonds is 4. The smallest absolute Gasteiger partial charge is 0.317 e. The maximum atomic E-state index is 12.8. The van der Waals surface area contributed by atoms with Crippen LogP contribution in [-0.4, -0.2) is 17.6 Å². The van der Waals surface area contributed by atoms with Gasteiger partial charge in [0.15, 0.2) is 5.71 Å². The Hall–Kier alpha value is -2.95. The second-order valence-corrected chi connectivity index (χ2v) is 5.99. The molecule has 5 nitrogen and oxygen atoms in total. The maximum absolute atomic E-state index is 12.8. The van der Waals surface area contributed by atoms with Crippen LogP contribution in [0.2, 0.25) is 0 Å². The molecule has 0 bridgehead atoms. The Morgan fingerprint density at radius 2 is 1.75 bits per heavy atom. The molecule has 0 aromatic heterocycles. The zero-order valence-corrected chi connectivity index (χ0v) is 13.6. The van der Waals surface area contributed by atoms with E-state index in [1.165, 1.54) is 0 Å². The van der Waals surface area contributed by atoms with Gasteiger partial charge in [-0.2, -0.15) is 0 Å². The van der Waals surface area contributed by atoms with Gasteiger partial charge in [0.1, 0.15) is 0 Å². The highest BCUT2D eigenvalue weighted by Crippen LogP contribution is 2.35. The van der Waals surface area contributed by atoms with E-state index >= 15 is 0 Å². The van der Waals surface area contributed by atoms with Crippen molar-refractivity contribution in [2.45, 2.75) is 20.3 Å². The summed E-state index contributed by atoms with van der Waals surface area (Å²) in [5.41, 5.74) is 2.27. The van der Waals surface area contributed by atoms with Gasteiger partial charge in [0.05, 0.1) is 12.1 Å². The molecule has 3 rings (SSSR count). The summed E-state index contributed by atoms with van der Waals surface area (Å²) in [5.74, 6) is -0.578. The van der Waals surface area contributed by atoms with E-state index < -0.39 is 5.97 Å². The molecular weight excluding hydrogens is 304 g/mol. The molecule has 0 unspecified atom stereocenters. The second-order valence-electron chi connectivity index (χ2n) is 5.99. The molecule has 1 amide bonds. The largest absolute Gasteiger partial charge is 0.335 e. The van der Waals surface area contributed by atoms with Crippen molar-refractivity contribution in [3.63, 3.8) is 0 Å². The van der Waals surface area contributed by atoms with Crippen molar-refractivity contribution >= 4 is 29.0 Å². The van der Waals surface area contributed by atoms with Crippen molar-refractivity contribution in [1.29, 1.82) is 0 Å². The third-order valence-electron chi connectivity index (χ3n) is 3.63. The van der Waals surface area contributed by atoms with Gasteiger partial charge < -0.3 is 4.84 Å². The predicted octanol–water partition coefficient (Wildman–Crippen LogP) is 3.66. The molecule has 1 aliphatic rings. The molecule has 0 spiro atoms. The number of carbonyl (C=O) groups is 2. The fourth-order valence-corrected chi connectivity index (χ4v) is 2.59. The van der Waals surface area contributed by atoms with E-state index in [0.717, 1.165) is 11.4 Å². The van der Waals surface area contributed by atoms with Crippen molar-refractivity contribution in [1.82, 2.24) is 0 Å². The number of benzene rings is 2. The summed E-state index contributed by atoms with van der Waals surface area (Å²) in [6, 6.07) is 16.6. The standard InChI is InChI=1S/C19H18N2O3/c1-13(2)12-17(22)24-20-18-15-10-6-7-11-16(15)21(19(18)23)14-8-4-3-5-9-14/h3-11,13H,12H2,1-2H3/b20-18+. The minimum atomic E-state index is -0.444. The fourth-order valence-electron chi connectivity index (χ4n) is 2.59. The van der Waals surface area contributed by atoms with Crippen molar-refractivity contribution in [2.24, 2.45) is 11.1 Å². The first-order valence-electron chi connectivity index (χ1n) is 7.84. The van der Waals surface area contributed by atoms with Gasteiger partial charge in [0, 0.05) is 11.3 Å². The Kier molecular flexibility index (Phi) is 4.42. The summed E-state index contributed by atoms with van der Waals surface area (Å²) in [7, 11) is 0. The number of carbonyl (C=O) groups excluding carboxylic acids is 2. The van der Waals surface area contributed by atoms with Crippen LogP contribution in [0.15, 0.2) is 59.8 Å². The molecular formula is C19H18N2O3. The molecule has 1 aliphatic heterocycles. The number of nitrogens with zero attached hydrogens (tertiary/aromatic N) is 2. The summed E-state index contributed by atoms with van der Waals surface area (Å²) < 4.78 is 0. The van der Waals surface area contributed by atoms with Crippen LogP contribution in [-0.2, 0) is 14.4 Å². The Labute approximate surface area is 140 Å². The van der Waals surface area contributed by atoms with E-state index in [-0.39, 0.29) is 24.0 Å². The molecule has 2 aromatic carbocycles. The third kappa shape index (κ3) is 3.06. The van der Waals surface area contributed by atoms with E-state index in [9.17, 15) is 9.59 Å². The summed E-state index contributed by atoms with van der Waals surface area (Å²) in [6.07, 6.45) is 0.259. The molecule has 2 aromatic rings. The number of fused-ring (bicyclic) bond motifs is 1. The van der Waals surface area contributed by atoms with Crippen molar-refractivity contribution < 1.29 is 14.4 Å². The van der Waals surface area contributed by atoms with Crippen LogP contribution >= 0.6 is 0 Å². The summed E-state index contributed by atoms with van der Waals surface area (Å²) in [4.78, 5) is 31.1. The van der Waals surface area contributed by atoms with Crippen molar-refractivity contribution in [3.8, 4) is 0 Å². The van der Waals surface area contributed by atoms with Gasteiger partial charge in [0.25, 0.3) is 5.91 Å². The average Bonchev–Trinajstić information content (AvgIpc) is 2.84. The number of hydrogen-bond donors (Lipinski definition) is 0. The molecule has 0 aliphatic carbocycles. The monoisotopic (exact) mass is 322 g/mol. The minimum Gasteiger partial charge on any atom is -0.317 e. The van der Waals surface area contributed by atoms with E-state index in [1.807, 2.05) is 62.4 Å². The van der Waals surface area contributed by atoms with Gasteiger partial charge in [-0.15, -0.1) is 0 Å². The highest BCUT2D eigenvalue weighted by Gasteiger charge is 2.35. The van der Waals surface area contributed by atoms with Gasteiger partial charge in [-0.25, -0.2) is 4.79 Å². The Bertz CT molecular complexity index is 797. The van der Waals surface area contributed by atoms with Crippen LogP contribution in [0.5, 0.6) is 0 Å². The number of amides is 1. The molecule has 1 heterocycles. The number of para-hydroxylation sites is 2. The molecule has 0 atom stereocenters. The van der Waals surface area contributed by atoms with Crippen LogP contribution in [0.3, 0.4) is 0 Å². The molecule has 24 heavy (non-hydrogen) atoms. The third-order valence-corrected chi connectivity index (χ3v) is 3.63. The molecule has 0 radical (unpaired) electrons. The SMILES string of the molecule is CC(C)CC(=O)O/N=C1/C(=O)N(c2ccccc2)c2ccccc21. The van der Waals surface area contributed by atoms with Gasteiger partial charge >= 0.3 is 5.97 Å². The Balaban J connectivity index is 1.95. The predicted molar refractivity (Wildman–Crippen MR) is 92.1 cm³/mol. The molecule has 5 heteroatoms. The Morgan fingerprint density at radius 1 is 1.08 bits per heavy atom. The van der Waals surface area contributed by atoms with Gasteiger partial charge in [-0.3, -0.25) is 9.69 Å². The first-order chi connectivity index (χ1) is 11.6. The lowest BCUT2D eigenvalue weighted by Crippen LogP contribution is -2.25. The number of hydrogen-bond acceptors (Lipinski definition) is 4. The van der Waals surface area contributed by atoms with Gasteiger partial charge in [0.2, 0.25) is 0 Å². The lowest BCUT2D eigenvalue weighted by Gasteiger charge is -2.16. The summed E-state index contributed by atoms with van der Waals surface area (Å²) in [5, 5.41) is 3.85. The molecule has 0 saturated heterocycles. The van der Waals surface area contributed by atoms with Crippen molar-refractivity contribution in [2.75, 3.05) is 4.90 Å². The van der Waals surface area contributed by atoms with Crippen LogP contribution in [0, 0.1) is 5.92 Å². The van der Waals surface area contributed by atoms with E-state index in [1.54, 1.807) is 11.0 Å². The highest BCUT2D eigenvalue weighted by atomic mass is 16.7. The van der Waals surface area contributed by atoms with E-state index in [4.69, 9.17) is 4.84 Å². The van der Waals surface area contributed by atoms with E-state index in [2.05, 4.69) is 5.16 Å². The van der Waals surface area contributed by atoms with Crippen LogP contribution in [0.4, 0.5) is 11.4 Å². The first kappa shape index (κ1) is 15.9. The number of anilines is 2. The topological polar surface area (TPSA) is 59.0 Å². The normalized spacial score (nSPS) is 15.0.